The molecule has 1 aromatic carbocycles. The zero-order chi connectivity index (χ0) is 41.4. The minimum Gasteiger partial charge on any atom is -0.461 e. The average molecular weight is 804 g/mol. The zero-order valence-electron chi connectivity index (χ0n) is 33.5. The summed E-state index contributed by atoms with van der Waals surface area (Å²) in [6, 6.07) is 4.41. The van der Waals surface area contributed by atoms with E-state index in [-0.39, 0.29) is 74.4 Å². The van der Waals surface area contributed by atoms with Crippen molar-refractivity contribution in [2.24, 2.45) is 0 Å². The van der Waals surface area contributed by atoms with Crippen LogP contribution in [0.5, 0.6) is 6.01 Å². The van der Waals surface area contributed by atoms with Gasteiger partial charge in [0.15, 0.2) is 8.32 Å². The van der Waals surface area contributed by atoms with Gasteiger partial charge in [-0.15, -0.1) is 0 Å². The summed E-state index contributed by atoms with van der Waals surface area (Å²) in [6.45, 7) is 20.9. The number of amides is 2. The highest BCUT2D eigenvalue weighted by Gasteiger charge is 2.45. The van der Waals surface area contributed by atoms with Crippen LogP contribution in [0.25, 0.3) is 0 Å². The van der Waals surface area contributed by atoms with Gasteiger partial charge in [0, 0.05) is 38.3 Å². The molecule has 5 rings (SSSR count). The second-order valence-electron chi connectivity index (χ2n) is 17.1. The SMILES string of the molecule is C=CC(=O)N1CCN(c2nc(OC[C@H]3C[C@H](O[Si](C)(C)C(C)(C)C)CN3C(=O)OC(C)(C)C)nc3c2CCN(c2cccc(F)c2C(F)(F)F)C3)CC1CC#N. The highest BCUT2D eigenvalue weighted by atomic mass is 28.4. The third kappa shape index (κ3) is 9.56. The molecule has 3 atom stereocenters. The van der Waals surface area contributed by atoms with Crippen molar-refractivity contribution in [2.75, 3.05) is 49.1 Å². The van der Waals surface area contributed by atoms with Gasteiger partial charge in [0.2, 0.25) is 5.91 Å². The predicted molar refractivity (Wildman–Crippen MR) is 205 cm³/mol. The Kier molecular flexibility index (Phi) is 12.4. The van der Waals surface area contributed by atoms with Crippen molar-refractivity contribution in [3.8, 4) is 12.1 Å². The van der Waals surface area contributed by atoms with Crippen LogP contribution in [0.1, 0.15) is 71.2 Å². The first-order chi connectivity index (χ1) is 26.0. The van der Waals surface area contributed by atoms with E-state index in [1.807, 2.05) is 4.90 Å². The Morgan fingerprint density at radius 3 is 2.36 bits per heavy atom. The van der Waals surface area contributed by atoms with E-state index in [0.717, 1.165) is 6.07 Å². The zero-order valence-corrected chi connectivity index (χ0v) is 34.5. The highest BCUT2D eigenvalue weighted by molar-refractivity contribution is 6.74. The smallest absolute Gasteiger partial charge is 0.421 e. The fraction of sp³-hybridized carbons (Fsp3) is 0.615. The summed E-state index contributed by atoms with van der Waals surface area (Å²) in [5.74, 6) is -1.19. The quantitative estimate of drug-likeness (QED) is 0.148. The lowest BCUT2D eigenvalue weighted by atomic mass is 10.0. The van der Waals surface area contributed by atoms with Crippen molar-refractivity contribution in [1.82, 2.24) is 19.8 Å². The molecule has 1 unspecified atom stereocenters. The number of nitrogens with zero attached hydrogens (tertiary/aromatic N) is 7. The van der Waals surface area contributed by atoms with Crippen LogP contribution in [0.2, 0.25) is 18.1 Å². The summed E-state index contributed by atoms with van der Waals surface area (Å²) in [4.78, 5) is 42.3. The molecular formula is C39H53F4N7O5Si. The molecule has 0 saturated carbocycles. The van der Waals surface area contributed by atoms with E-state index in [9.17, 15) is 32.4 Å². The molecular weight excluding hydrogens is 751 g/mol. The Labute approximate surface area is 327 Å². The molecule has 4 heterocycles. The summed E-state index contributed by atoms with van der Waals surface area (Å²) in [5.41, 5.74) is -1.33. The number of carbonyl (C=O) groups excluding carboxylic acids is 2. The van der Waals surface area contributed by atoms with Crippen molar-refractivity contribution in [3.05, 3.63) is 53.5 Å². The van der Waals surface area contributed by atoms with Crippen molar-refractivity contribution in [1.29, 1.82) is 5.26 Å². The molecule has 306 valence electrons. The number of aromatic nitrogens is 2. The normalized spacial score (nSPS) is 20.7. The third-order valence-electron chi connectivity index (χ3n) is 10.9. The van der Waals surface area contributed by atoms with Gasteiger partial charge < -0.3 is 28.6 Å². The largest absolute Gasteiger partial charge is 0.461 e. The third-order valence-corrected chi connectivity index (χ3v) is 15.4. The van der Waals surface area contributed by atoms with Crippen molar-refractivity contribution in [2.45, 2.75) is 115 Å². The summed E-state index contributed by atoms with van der Waals surface area (Å²) in [5, 5.41) is 9.54. The first-order valence-electron chi connectivity index (χ1n) is 18.9. The Hall–Kier alpha value is -4.43. The van der Waals surface area contributed by atoms with E-state index >= 15 is 0 Å². The van der Waals surface area contributed by atoms with Gasteiger partial charge in [-0.1, -0.05) is 33.4 Å². The fourth-order valence-corrected chi connectivity index (χ4v) is 8.50. The lowest BCUT2D eigenvalue weighted by Crippen LogP contribution is -2.55. The summed E-state index contributed by atoms with van der Waals surface area (Å²) in [6.07, 6.45) is -3.76. The minimum absolute atomic E-state index is 0.0284. The molecule has 2 saturated heterocycles. The molecule has 56 heavy (non-hydrogen) atoms. The maximum absolute atomic E-state index is 14.7. The van der Waals surface area contributed by atoms with Gasteiger partial charge in [0.25, 0.3) is 0 Å². The van der Waals surface area contributed by atoms with Crippen LogP contribution in [-0.4, -0.2) is 103 Å². The molecule has 1 aromatic heterocycles. The number of anilines is 2. The first kappa shape index (κ1) is 42.7. The number of carbonyl (C=O) groups is 2. The molecule has 12 nitrogen and oxygen atoms in total. The van der Waals surface area contributed by atoms with Gasteiger partial charge in [0.05, 0.1) is 48.6 Å². The van der Waals surface area contributed by atoms with E-state index in [1.165, 1.54) is 23.1 Å². The van der Waals surface area contributed by atoms with Crippen LogP contribution in [0.3, 0.4) is 0 Å². The number of ether oxygens (including phenoxy) is 2. The monoisotopic (exact) mass is 803 g/mol. The maximum Gasteiger partial charge on any atom is 0.421 e. The molecule has 0 radical (unpaired) electrons. The highest BCUT2D eigenvalue weighted by Crippen LogP contribution is 2.42. The molecule has 17 heteroatoms. The summed E-state index contributed by atoms with van der Waals surface area (Å²) in [7, 11) is -2.22. The molecule has 2 amide bonds. The second-order valence-corrected chi connectivity index (χ2v) is 21.8. The molecule has 3 aliphatic rings. The topological polar surface area (TPSA) is 124 Å². The van der Waals surface area contributed by atoms with Crippen LogP contribution in [0, 0.1) is 17.1 Å². The van der Waals surface area contributed by atoms with E-state index in [2.05, 4.69) is 46.5 Å². The van der Waals surface area contributed by atoms with Crippen molar-refractivity contribution < 1.29 is 41.1 Å². The lowest BCUT2D eigenvalue weighted by molar-refractivity contribution is -0.139. The maximum atomic E-state index is 14.7. The number of alkyl halides is 3. The molecule has 0 N–H and O–H groups in total. The van der Waals surface area contributed by atoms with Crippen LogP contribution in [-0.2, 0) is 33.1 Å². The van der Waals surface area contributed by atoms with Gasteiger partial charge in [-0.25, -0.2) is 9.18 Å². The summed E-state index contributed by atoms with van der Waals surface area (Å²) < 4.78 is 75.9. The van der Waals surface area contributed by atoms with E-state index in [4.69, 9.17) is 23.9 Å². The Balaban J connectivity index is 1.49. The number of nitriles is 1. The lowest BCUT2D eigenvalue weighted by Gasteiger charge is -2.42. The fourth-order valence-electron chi connectivity index (χ4n) is 7.14. The molecule has 2 aromatic rings. The van der Waals surface area contributed by atoms with Crippen LogP contribution in [0.15, 0.2) is 30.9 Å². The molecule has 0 bridgehead atoms. The van der Waals surface area contributed by atoms with Gasteiger partial charge in [0.1, 0.15) is 29.4 Å². The molecule has 0 spiro atoms. The number of rotatable bonds is 9. The van der Waals surface area contributed by atoms with E-state index in [0.29, 0.717) is 36.6 Å². The van der Waals surface area contributed by atoms with E-state index < -0.39 is 49.7 Å². The van der Waals surface area contributed by atoms with Gasteiger partial charge in [-0.2, -0.15) is 28.4 Å². The van der Waals surface area contributed by atoms with Crippen molar-refractivity contribution >= 4 is 31.8 Å². The Morgan fingerprint density at radius 1 is 1.02 bits per heavy atom. The standard InChI is InChI=1S/C39H53F4N7O5Si/c1-10-32(51)49-19-18-48(21-25(49)14-16-44)34-28-15-17-47(31-13-11-12-29(40)33(31)39(41,42)43)23-30(28)45-35(46-34)53-24-26-20-27(55-56(8,9)38(5,6)7)22-50(26)36(52)54-37(2,3)4/h10-13,25-27H,1,14-15,17-24H2,2-9H3/t25?,26-,27+/m1/s1. The van der Waals surface area contributed by atoms with Crippen LogP contribution < -0.4 is 14.5 Å². The second kappa shape index (κ2) is 16.2. The van der Waals surface area contributed by atoms with Crippen LogP contribution >= 0.6 is 0 Å². The van der Waals surface area contributed by atoms with Crippen molar-refractivity contribution in [3.63, 3.8) is 0 Å². The molecule has 2 fully saturated rings. The number of hydrogen-bond donors (Lipinski definition) is 0. The predicted octanol–water partition coefficient (Wildman–Crippen LogP) is 7.09. The van der Waals surface area contributed by atoms with E-state index in [1.54, 1.807) is 30.6 Å². The van der Waals surface area contributed by atoms with Crippen LogP contribution in [0.4, 0.5) is 33.9 Å². The summed E-state index contributed by atoms with van der Waals surface area (Å²) >= 11 is 0. The Bertz CT molecular complexity index is 1840. The number of hydrogen-bond acceptors (Lipinski definition) is 10. The number of halogens is 4. The minimum atomic E-state index is -4.93. The first-order valence-corrected chi connectivity index (χ1v) is 21.8. The Morgan fingerprint density at radius 2 is 1.73 bits per heavy atom. The number of likely N-dealkylation sites (tertiary alicyclic amines) is 1. The van der Waals surface area contributed by atoms with Gasteiger partial charge in [-0.05, 0) is 70.0 Å². The average Bonchev–Trinajstić information content (AvgIpc) is 3.50. The number of piperazine rings is 1. The molecule has 3 aliphatic heterocycles. The number of fused-ring (bicyclic) bond motifs is 1. The molecule has 0 aliphatic carbocycles. The number of benzene rings is 1. The van der Waals surface area contributed by atoms with Gasteiger partial charge in [-0.3, -0.25) is 9.69 Å². The van der Waals surface area contributed by atoms with Gasteiger partial charge >= 0.3 is 18.3 Å².